The van der Waals surface area contributed by atoms with Crippen molar-refractivity contribution in [3.63, 3.8) is 0 Å². The Balaban J connectivity index is 1.92. The first kappa shape index (κ1) is 22.8. The normalized spacial score (nSPS) is 12.3. The van der Waals surface area contributed by atoms with Crippen molar-refractivity contribution in [1.29, 1.82) is 0 Å². The van der Waals surface area contributed by atoms with Gasteiger partial charge in [-0.05, 0) is 56.2 Å². The van der Waals surface area contributed by atoms with E-state index in [0.29, 0.717) is 16.3 Å². The first-order valence-corrected chi connectivity index (χ1v) is 11.7. The Kier molecular flexibility index (Phi) is 7.03. The van der Waals surface area contributed by atoms with Gasteiger partial charge in [-0.2, -0.15) is 0 Å². The molecular weight excluding hydrogens is 432 g/mol. The van der Waals surface area contributed by atoms with Gasteiger partial charge < -0.3 is 5.32 Å². The lowest BCUT2D eigenvalue weighted by Crippen LogP contribution is -2.42. The van der Waals surface area contributed by atoms with Crippen molar-refractivity contribution in [3.8, 4) is 0 Å². The fraction of sp³-hybridized carbons (Fsp3) is 0.208. The molecule has 0 saturated carbocycles. The maximum atomic E-state index is 13.4. The summed E-state index contributed by atoms with van der Waals surface area (Å²) in [7, 11) is -3.98. The zero-order valence-corrected chi connectivity index (χ0v) is 19.2. The maximum absolute atomic E-state index is 13.4. The van der Waals surface area contributed by atoms with Gasteiger partial charge in [0.2, 0.25) is 5.91 Å². The number of aryl methyl sites for hydroxylation is 1. The Labute approximate surface area is 188 Å². The third-order valence-corrected chi connectivity index (χ3v) is 7.26. The molecule has 3 aromatic rings. The van der Waals surface area contributed by atoms with Crippen LogP contribution in [0.2, 0.25) is 5.02 Å². The van der Waals surface area contributed by atoms with Gasteiger partial charge >= 0.3 is 0 Å². The summed E-state index contributed by atoms with van der Waals surface area (Å²) < 4.78 is 28.0. The zero-order valence-electron chi connectivity index (χ0n) is 17.7. The van der Waals surface area contributed by atoms with Gasteiger partial charge in [0.05, 0.1) is 16.6 Å². The molecule has 0 aliphatic heterocycles. The molecule has 7 heteroatoms. The molecule has 1 amide bonds. The number of carbonyl (C=O) groups is 1. The summed E-state index contributed by atoms with van der Waals surface area (Å²) in [6, 6.07) is 20.6. The van der Waals surface area contributed by atoms with Crippen molar-refractivity contribution in [2.45, 2.75) is 31.7 Å². The smallest absolute Gasteiger partial charge is 0.264 e. The largest absolute Gasteiger partial charge is 0.348 e. The summed E-state index contributed by atoms with van der Waals surface area (Å²) in [5.74, 6) is -0.410. The second-order valence-electron chi connectivity index (χ2n) is 7.41. The molecule has 0 spiro atoms. The molecule has 1 N–H and O–H groups in total. The van der Waals surface area contributed by atoms with Crippen LogP contribution < -0.4 is 9.62 Å². The van der Waals surface area contributed by atoms with Gasteiger partial charge in [0, 0.05) is 5.02 Å². The molecule has 3 rings (SSSR count). The van der Waals surface area contributed by atoms with Crippen molar-refractivity contribution in [2.75, 3.05) is 10.8 Å². The van der Waals surface area contributed by atoms with Gasteiger partial charge in [-0.1, -0.05) is 65.7 Å². The van der Waals surface area contributed by atoms with Crippen molar-refractivity contribution >= 4 is 33.2 Å². The lowest BCUT2D eigenvalue weighted by Gasteiger charge is -2.26. The van der Waals surface area contributed by atoms with E-state index in [1.54, 1.807) is 43.3 Å². The molecule has 0 aromatic heterocycles. The van der Waals surface area contributed by atoms with Gasteiger partial charge in [-0.25, -0.2) is 8.42 Å². The van der Waals surface area contributed by atoms with Crippen molar-refractivity contribution in [2.24, 2.45) is 0 Å². The van der Waals surface area contributed by atoms with Gasteiger partial charge in [0.1, 0.15) is 6.54 Å². The van der Waals surface area contributed by atoms with E-state index >= 15 is 0 Å². The third kappa shape index (κ3) is 5.27. The fourth-order valence-corrected chi connectivity index (χ4v) is 4.91. The van der Waals surface area contributed by atoms with E-state index in [2.05, 4.69) is 5.32 Å². The Morgan fingerprint density at radius 1 is 0.968 bits per heavy atom. The molecule has 3 aromatic carbocycles. The van der Waals surface area contributed by atoms with Crippen LogP contribution in [0.4, 0.5) is 5.69 Å². The monoisotopic (exact) mass is 456 g/mol. The Morgan fingerprint density at radius 3 is 2.26 bits per heavy atom. The van der Waals surface area contributed by atoms with E-state index in [9.17, 15) is 13.2 Å². The van der Waals surface area contributed by atoms with Crippen molar-refractivity contribution < 1.29 is 13.2 Å². The fourth-order valence-electron chi connectivity index (χ4n) is 3.24. The Bertz CT molecular complexity index is 1160. The van der Waals surface area contributed by atoms with Crippen LogP contribution in [0.3, 0.4) is 0 Å². The highest BCUT2D eigenvalue weighted by Gasteiger charge is 2.29. The van der Waals surface area contributed by atoms with Gasteiger partial charge in [0.25, 0.3) is 10.0 Å². The summed E-state index contributed by atoms with van der Waals surface area (Å²) in [6.45, 7) is 5.22. The average Bonchev–Trinajstić information content (AvgIpc) is 2.75. The number of hydrogen-bond acceptors (Lipinski definition) is 3. The molecule has 0 aliphatic rings. The van der Waals surface area contributed by atoms with Gasteiger partial charge in [-0.15, -0.1) is 0 Å². The first-order valence-electron chi connectivity index (χ1n) is 9.89. The maximum Gasteiger partial charge on any atom is 0.264 e. The molecule has 0 heterocycles. The van der Waals surface area contributed by atoms with Crippen LogP contribution in [0, 0.1) is 13.8 Å². The molecule has 0 fully saturated rings. The minimum Gasteiger partial charge on any atom is -0.348 e. The summed E-state index contributed by atoms with van der Waals surface area (Å²) >= 11 is 6.25. The molecule has 0 unspecified atom stereocenters. The van der Waals surface area contributed by atoms with Crippen LogP contribution in [-0.2, 0) is 14.8 Å². The van der Waals surface area contributed by atoms with E-state index in [4.69, 9.17) is 11.6 Å². The third-order valence-electron chi connectivity index (χ3n) is 5.08. The first-order chi connectivity index (χ1) is 14.7. The quantitative estimate of drug-likeness (QED) is 0.542. The Morgan fingerprint density at radius 2 is 1.61 bits per heavy atom. The minimum atomic E-state index is -3.98. The highest BCUT2D eigenvalue weighted by Crippen LogP contribution is 2.30. The van der Waals surface area contributed by atoms with Crippen LogP contribution in [0.5, 0.6) is 0 Å². The second kappa shape index (κ2) is 9.54. The number of nitrogens with zero attached hydrogens (tertiary/aromatic N) is 1. The van der Waals surface area contributed by atoms with E-state index in [0.717, 1.165) is 15.4 Å². The number of benzene rings is 3. The van der Waals surface area contributed by atoms with Crippen LogP contribution >= 0.6 is 11.6 Å². The topological polar surface area (TPSA) is 66.5 Å². The number of anilines is 1. The molecular formula is C24H25ClN2O3S. The molecule has 31 heavy (non-hydrogen) atoms. The molecule has 0 bridgehead atoms. The number of hydrogen-bond donors (Lipinski definition) is 1. The minimum absolute atomic E-state index is 0.105. The van der Waals surface area contributed by atoms with Crippen LogP contribution in [0.1, 0.15) is 29.7 Å². The highest BCUT2D eigenvalue weighted by molar-refractivity contribution is 7.92. The molecule has 0 radical (unpaired) electrons. The van der Waals surface area contributed by atoms with Crippen LogP contribution in [-0.4, -0.2) is 20.9 Å². The molecule has 5 nitrogen and oxygen atoms in total. The van der Waals surface area contributed by atoms with Gasteiger partial charge in [0.15, 0.2) is 0 Å². The molecule has 0 aliphatic carbocycles. The number of sulfonamides is 1. The number of halogens is 1. The Hall–Kier alpha value is -2.83. The van der Waals surface area contributed by atoms with Crippen molar-refractivity contribution in [3.05, 3.63) is 94.5 Å². The number of nitrogens with one attached hydrogen (secondary N) is 1. The zero-order chi connectivity index (χ0) is 22.6. The van der Waals surface area contributed by atoms with Crippen LogP contribution in [0.15, 0.2) is 77.7 Å². The van der Waals surface area contributed by atoms with E-state index in [1.165, 1.54) is 12.1 Å². The van der Waals surface area contributed by atoms with Crippen molar-refractivity contribution in [1.82, 2.24) is 5.32 Å². The molecule has 0 saturated heterocycles. The molecule has 162 valence electrons. The number of rotatable bonds is 7. The summed E-state index contributed by atoms with van der Waals surface area (Å²) in [5.41, 5.74) is 3.02. The standard InChI is InChI=1S/C24H25ClN2O3S/c1-17-12-14-20(15-13-17)19(3)26-24(28)16-27(23-11-7-10-22(25)18(23)2)31(29,30)21-8-5-4-6-9-21/h4-15,19H,16H2,1-3H3,(H,26,28)/t19-/m0/s1. The summed E-state index contributed by atoms with van der Waals surface area (Å²) in [6.07, 6.45) is 0. The second-order valence-corrected chi connectivity index (χ2v) is 9.68. The lowest BCUT2D eigenvalue weighted by molar-refractivity contribution is -0.120. The highest BCUT2D eigenvalue weighted by atomic mass is 35.5. The lowest BCUT2D eigenvalue weighted by atomic mass is 10.1. The number of amides is 1. The predicted molar refractivity (Wildman–Crippen MR) is 125 cm³/mol. The van der Waals surface area contributed by atoms with E-state index < -0.39 is 15.9 Å². The van der Waals surface area contributed by atoms with E-state index in [1.807, 2.05) is 38.1 Å². The SMILES string of the molecule is Cc1ccc([C@H](C)NC(=O)CN(c2cccc(Cl)c2C)S(=O)(=O)c2ccccc2)cc1. The number of carbonyl (C=O) groups excluding carboxylic acids is 1. The van der Waals surface area contributed by atoms with Gasteiger partial charge in [-0.3, -0.25) is 9.10 Å². The average molecular weight is 457 g/mol. The predicted octanol–water partition coefficient (Wildman–Crippen LogP) is 5.03. The summed E-state index contributed by atoms with van der Waals surface area (Å²) in [4.78, 5) is 13.0. The van der Waals surface area contributed by atoms with E-state index in [-0.39, 0.29) is 17.5 Å². The molecule has 1 atom stereocenters. The summed E-state index contributed by atoms with van der Waals surface area (Å²) in [5, 5.41) is 3.33. The van der Waals surface area contributed by atoms with Crippen LogP contribution in [0.25, 0.3) is 0 Å².